The molecule has 3 aromatic rings. The van der Waals surface area contributed by atoms with E-state index in [0.717, 1.165) is 22.8 Å². The fraction of sp³-hybridized carbons (Fsp3) is 0.222. The van der Waals surface area contributed by atoms with E-state index < -0.39 is 17.6 Å². The standard InChI is InChI=1S/C18H13F3N4O2S2/c19-18(20,21)11-3-1-10(2-4-11)7-12-8-22-16(29-12)24-14(26)13-9-23-17-25(15(13)27)5-6-28-17/h1-4,8-9H,5-7H2,(H,22,24,26). The second-order valence-corrected chi connectivity index (χ2v) is 8.39. The van der Waals surface area contributed by atoms with Crippen molar-refractivity contribution in [3.05, 3.63) is 68.6 Å². The number of alkyl halides is 3. The van der Waals surface area contributed by atoms with E-state index in [0.29, 0.717) is 28.8 Å². The van der Waals surface area contributed by atoms with E-state index >= 15 is 0 Å². The molecule has 0 unspecified atom stereocenters. The van der Waals surface area contributed by atoms with Gasteiger partial charge in [0.2, 0.25) is 0 Å². The summed E-state index contributed by atoms with van der Waals surface area (Å²) in [5, 5.41) is 3.48. The van der Waals surface area contributed by atoms with Crippen molar-refractivity contribution < 1.29 is 18.0 Å². The van der Waals surface area contributed by atoms with Crippen LogP contribution in [0.15, 0.2) is 46.6 Å². The maximum atomic E-state index is 12.6. The minimum atomic E-state index is -4.37. The van der Waals surface area contributed by atoms with Crippen LogP contribution in [-0.4, -0.2) is 26.2 Å². The second kappa shape index (κ2) is 7.64. The van der Waals surface area contributed by atoms with Crippen molar-refractivity contribution in [3.8, 4) is 0 Å². The number of nitrogens with one attached hydrogen (secondary N) is 1. The first-order valence-electron chi connectivity index (χ1n) is 8.46. The summed E-state index contributed by atoms with van der Waals surface area (Å²) in [6, 6.07) is 4.89. The Labute approximate surface area is 170 Å². The predicted octanol–water partition coefficient (Wildman–Crippen LogP) is 3.67. The van der Waals surface area contributed by atoms with E-state index in [4.69, 9.17) is 0 Å². The van der Waals surface area contributed by atoms with Crippen LogP contribution in [0.3, 0.4) is 0 Å². The zero-order valence-corrected chi connectivity index (χ0v) is 16.3. The molecule has 0 fully saturated rings. The van der Waals surface area contributed by atoms with Crippen LogP contribution in [0.5, 0.6) is 0 Å². The molecular weight excluding hydrogens is 425 g/mol. The van der Waals surface area contributed by atoms with Crippen molar-refractivity contribution in [2.24, 2.45) is 0 Å². The Morgan fingerprint density at radius 3 is 2.66 bits per heavy atom. The van der Waals surface area contributed by atoms with E-state index in [9.17, 15) is 22.8 Å². The van der Waals surface area contributed by atoms with Gasteiger partial charge in [-0.25, -0.2) is 9.97 Å². The monoisotopic (exact) mass is 438 g/mol. The molecule has 0 spiro atoms. The first-order chi connectivity index (χ1) is 13.8. The quantitative estimate of drug-likeness (QED) is 0.629. The van der Waals surface area contributed by atoms with Crippen LogP contribution in [-0.2, 0) is 19.1 Å². The van der Waals surface area contributed by atoms with Gasteiger partial charge in [-0.15, -0.1) is 11.3 Å². The number of thiazole rings is 1. The molecule has 29 heavy (non-hydrogen) atoms. The summed E-state index contributed by atoms with van der Waals surface area (Å²) in [4.78, 5) is 33.8. The number of fused-ring (bicyclic) bond motifs is 1. The molecule has 1 aliphatic heterocycles. The molecule has 6 nitrogen and oxygen atoms in total. The summed E-state index contributed by atoms with van der Waals surface area (Å²) in [6.07, 6.45) is -1.18. The molecule has 1 aromatic carbocycles. The second-order valence-electron chi connectivity index (χ2n) is 6.22. The lowest BCUT2D eigenvalue weighted by molar-refractivity contribution is -0.137. The Morgan fingerprint density at radius 2 is 1.93 bits per heavy atom. The van der Waals surface area contributed by atoms with Crippen LogP contribution >= 0.6 is 23.1 Å². The van der Waals surface area contributed by atoms with Crippen LogP contribution in [0, 0.1) is 0 Å². The van der Waals surface area contributed by atoms with Crippen LogP contribution in [0.2, 0.25) is 0 Å². The van der Waals surface area contributed by atoms with Gasteiger partial charge in [0.15, 0.2) is 10.3 Å². The van der Waals surface area contributed by atoms with Gasteiger partial charge in [-0.05, 0) is 17.7 Å². The molecule has 150 valence electrons. The summed E-state index contributed by atoms with van der Waals surface area (Å²) < 4.78 is 39.4. The first kappa shape index (κ1) is 19.6. The zero-order chi connectivity index (χ0) is 20.6. The maximum Gasteiger partial charge on any atom is 0.416 e. The molecule has 0 saturated carbocycles. The number of carbonyl (C=O) groups excluding carboxylic acids is 1. The van der Waals surface area contributed by atoms with Crippen molar-refractivity contribution >= 4 is 34.1 Å². The average molecular weight is 438 g/mol. The molecular formula is C18H13F3N4O2S2. The van der Waals surface area contributed by atoms with E-state index in [1.165, 1.54) is 46.0 Å². The number of halogens is 3. The Bertz CT molecular complexity index is 1120. The fourth-order valence-electron chi connectivity index (χ4n) is 2.80. The third kappa shape index (κ3) is 4.20. The number of carbonyl (C=O) groups is 1. The third-order valence-electron chi connectivity index (χ3n) is 4.23. The van der Waals surface area contributed by atoms with Gasteiger partial charge in [-0.3, -0.25) is 19.5 Å². The van der Waals surface area contributed by atoms with Gasteiger partial charge < -0.3 is 0 Å². The molecule has 0 aliphatic carbocycles. The highest BCUT2D eigenvalue weighted by Gasteiger charge is 2.30. The Kier molecular flexibility index (Phi) is 5.17. The Hall–Kier alpha value is -2.66. The first-order valence-corrected chi connectivity index (χ1v) is 10.3. The molecule has 2 aromatic heterocycles. The summed E-state index contributed by atoms with van der Waals surface area (Å²) in [5.41, 5.74) is -0.459. The molecule has 0 saturated heterocycles. The summed E-state index contributed by atoms with van der Waals surface area (Å²) in [6.45, 7) is 0.515. The topological polar surface area (TPSA) is 76.9 Å². The van der Waals surface area contributed by atoms with Crippen molar-refractivity contribution in [1.29, 1.82) is 0 Å². The number of benzene rings is 1. The van der Waals surface area contributed by atoms with Gasteiger partial charge in [0.25, 0.3) is 11.5 Å². The van der Waals surface area contributed by atoms with Gasteiger partial charge in [-0.1, -0.05) is 23.9 Å². The molecule has 0 bridgehead atoms. The van der Waals surface area contributed by atoms with E-state index in [1.807, 2.05) is 0 Å². The highest BCUT2D eigenvalue weighted by atomic mass is 32.2. The van der Waals surface area contributed by atoms with Gasteiger partial charge in [0.1, 0.15) is 5.56 Å². The Balaban J connectivity index is 1.44. The van der Waals surface area contributed by atoms with Crippen LogP contribution < -0.4 is 10.9 Å². The van der Waals surface area contributed by atoms with E-state index in [1.54, 1.807) is 6.20 Å². The smallest absolute Gasteiger partial charge is 0.298 e. The number of hydrogen-bond acceptors (Lipinski definition) is 6. The Morgan fingerprint density at radius 1 is 1.17 bits per heavy atom. The van der Waals surface area contributed by atoms with Crippen LogP contribution in [0.1, 0.15) is 26.4 Å². The predicted molar refractivity (Wildman–Crippen MR) is 104 cm³/mol. The molecule has 3 heterocycles. The highest BCUT2D eigenvalue weighted by Crippen LogP contribution is 2.30. The SMILES string of the molecule is O=C(Nc1ncc(Cc2ccc(C(F)(F)F)cc2)s1)c1cnc2n(c1=O)CCS2. The van der Waals surface area contributed by atoms with Crippen molar-refractivity contribution in [2.45, 2.75) is 24.3 Å². The molecule has 1 N–H and O–H groups in total. The van der Waals surface area contributed by atoms with Gasteiger partial charge in [-0.2, -0.15) is 13.2 Å². The summed E-state index contributed by atoms with van der Waals surface area (Å²) in [7, 11) is 0. The largest absolute Gasteiger partial charge is 0.416 e. The summed E-state index contributed by atoms with van der Waals surface area (Å²) >= 11 is 2.65. The third-order valence-corrected chi connectivity index (χ3v) is 6.12. The molecule has 1 aliphatic rings. The number of hydrogen-bond donors (Lipinski definition) is 1. The minimum absolute atomic E-state index is 0.0595. The van der Waals surface area contributed by atoms with Crippen LogP contribution in [0.25, 0.3) is 0 Å². The minimum Gasteiger partial charge on any atom is -0.298 e. The van der Waals surface area contributed by atoms with Crippen molar-refractivity contribution in [1.82, 2.24) is 14.5 Å². The molecule has 1 amide bonds. The normalized spacial score (nSPS) is 13.3. The number of rotatable bonds is 4. The molecule has 4 rings (SSSR count). The molecule has 0 radical (unpaired) electrons. The number of aromatic nitrogens is 3. The fourth-order valence-corrected chi connectivity index (χ4v) is 4.55. The van der Waals surface area contributed by atoms with Crippen molar-refractivity contribution in [2.75, 3.05) is 11.1 Å². The number of nitrogens with zero attached hydrogens (tertiary/aromatic N) is 3. The lowest BCUT2D eigenvalue weighted by Crippen LogP contribution is -2.29. The zero-order valence-electron chi connectivity index (χ0n) is 14.7. The molecule has 0 atom stereocenters. The average Bonchev–Trinajstić information content (AvgIpc) is 3.31. The lowest BCUT2D eigenvalue weighted by Gasteiger charge is -2.07. The van der Waals surface area contributed by atoms with Gasteiger partial charge in [0.05, 0.1) is 5.56 Å². The number of thioether (sulfide) groups is 1. The van der Waals surface area contributed by atoms with Crippen LogP contribution in [0.4, 0.5) is 18.3 Å². The number of anilines is 1. The molecule has 11 heteroatoms. The van der Waals surface area contributed by atoms with Gasteiger partial charge >= 0.3 is 6.18 Å². The number of amides is 1. The van der Waals surface area contributed by atoms with E-state index in [2.05, 4.69) is 15.3 Å². The summed E-state index contributed by atoms with van der Waals surface area (Å²) in [5.74, 6) is 0.151. The van der Waals surface area contributed by atoms with Crippen molar-refractivity contribution in [3.63, 3.8) is 0 Å². The maximum absolute atomic E-state index is 12.6. The van der Waals surface area contributed by atoms with E-state index in [-0.39, 0.29) is 11.1 Å². The lowest BCUT2D eigenvalue weighted by atomic mass is 10.1. The highest BCUT2D eigenvalue weighted by molar-refractivity contribution is 7.99. The van der Waals surface area contributed by atoms with Gasteiger partial charge in [0, 0.05) is 36.0 Å².